The van der Waals surface area contributed by atoms with Gasteiger partial charge < -0.3 is 5.73 Å². The van der Waals surface area contributed by atoms with Crippen LogP contribution in [-0.4, -0.2) is 13.7 Å². The summed E-state index contributed by atoms with van der Waals surface area (Å²) >= 11 is 0. The molecule has 0 aromatic heterocycles. The molecule has 4 heteroatoms. The molecular formula is C12H17NO2S. The third-order valence-corrected chi connectivity index (χ3v) is 5.57. The number of sulfone groups is 1. The van der Waals surface area contributed by atoms with Crippen LogP contribution in [0.15, 0.2) is 23.1 Å². The van der Waals surface area contributed by atoms with Crippen LogP contribution >= 0.6 is 0 Å². The molecule has 0 saturated heterocycles. The Hall–Kier alpha value is -1.03. The van der Waals surface area contributed by atoms with E-state index in [1.165, 1.54) is 0 Å². The Balaban J connectivity index is 2.39. The summed E-state index contributed by atoms with van der Waals surface area (Å²) in [5.41, 5.74) is 7.17. The van der Waals surface area contributed by atoms with Crippen LogP contribution < -0.4 is 5.73 Å². The molecule has 1 fully saturated rings. The van der Waals surface area contributed by atoms with E-state index in [-0.39, 0.29) is 5.25 Å². The van der Waals surface area contributed by atoms with Gasteiger partial charge in [-0.05, 0) is 43.5 Å². The zero-order valence-electron chi connectivity index (χ0n) is 9.44. The second-order valence-corrected chi connectivity index (χ2v) is 6.70. The van der Waals surface area contributed by atoms with Crippen LogP contribution in [-0.2, 0) is 9.84 Å². The molecule has 1 aromatic carbocycles. The largest absolute Gasteiger partial charge is 0.399 e. The van der Waals surface area contributed by atoms with Gasteiger partial charge in [-0.2, -0.15) is 0 Å². The second kappa shape index (κ2) is 4.09. The number of aryl methyl sites for hydroxylation is 1. The van der Waals surface area contributed by atoms with Gasteiger partial charge in [0.15, 0.2) is 9.84 Å². The normalized spacial score (nSPS) is 17.8. The van der Waals surface area contributed by atoms with E-state index >= 15 is 0 Å². The van der Waals surface area contributed by atoms with Crippen molar-refractivity contribution in [2.75, 3.05) is 5.73 Å². The van der Waals surface area contributed by atoms with Crippen molar-refractivity contribution in [2.45, 2.75) is 42.8 Å². The van der Waals surface area contributed by atoms with Gasteiger partial charge in [-0.25, -0.2) is 8.42 Å². The summed E-state index contributed by atoms with van der Waals surface area (Å²) in [5.74, 6) is 0. The molecule has 1 aromatic rings. The average molecular weight is 239 g/mol. The summed E-state index contributed by atoms with van der Waals surface area (Å²) in [4.78, 5) is 0.422. The van der Waals surface area contributed by atoms with Crippen molar-refractivity contribution < 1.29 is 8.42 Å². The Kier molecular flexibility index (Phi) is 2.93. The number of hydrogen-bond donors (Lipinski definition) is 1. The van der Waals surface area contributed by atoms with E-state index in [1.54, 1.807) is 18.2 Å². The monoisotopic (exact) mass is 239 g/mol. The number of nitrogens with two attached hydrogens (primary N) is 1. The lowest BCUT2D eigenvalue weighted by molar-refractivity contribution is 0.579. The van der Waals surface area contributed by atoms with Crippen LogP contribution in [0.4, 0.5) is 5.69 Å². The Morgan fingerprint density at radius 1 is 1.25 bits per heavy atom. The molecule has 3 nitrogen and oxygen atoms in total. The number of benzene rings is 1. The van der Waals surface area contributed by atoms with Crippen LogP contribution in [0.1, 0.15) is 31.2 Å². The van der Waals surface area contributed by atoms with E-state index < -0.39 is 9.84 Å². The molecule has 16 heavy (non-hydrogen) atoms. The lowest BCUT2D eigenvalue weighted by Crippen LogP contribution is -2.17. The fourth-order valence-corrected chi connectivity index (χ4v) is 4.15. The smallest absolute Gasteiger partial charge is 0.181 e. The van der Waals surface area contributed by atoms with E-state index in [4.69, 9.17) is 5.73 Å². The van der Waals surface area contributed by atoms with Crippen molar-refractivity contribution in [1.82, 2.24) is 0 Å². The zero-order chi connectivity index (χ0) is 11.8. The Morgan fingerprint density at radius 2 is 1.88 bits per heavy atom. The van der Waals surface area contributed by atoms with Crippen LogP contribution in [0.25, 0.3) is 0 Å². The molecule has 1 aliphatic rings. The van der Waals surface area contributed by atoms with E-state index in [2.05, 4.69) is 0 Å². The molecule has 1 aliphatic carbocycles. The third kappa shape index (κ3) is 1.94. The highest BCUT2D eigenvalue weighted by atomic mass is 32.2. The molecule has 0 aliphatic heterocycles. The first-order valence-corrected chi connectivity index (χ1v) is 7.16. The van der Waals surface area contributed by atoms with Crippen molar-refractivity contribution in [2.24, 2.45) is 0 Å². The minimum atomic E-state index is -3.13. The number of hydrogen-bond acceptors (Lipinski definition) is 3. The van der Waals surface area contributed by atoms with Crippen LogP contribution in [0.5, 0.6) is 0 Å². The Morgan fingerprint density at radius 3 is 2.44 bits per heavy atom. The summed E-state index contributed by atoms with van der Waals surface area (Å²) < 4.78 is 24.5. The summed E-state index contributed by atoms with van der Waals surface area (Å²) in [6.07, 6.45) is 3.65. The molecule has 0 unspecified atom stereocenters. The number of nitrogen functional groups attached to an aromatic ring is 1. The van der Waals surface area contributed by atoms with Crippen LogP contribution in [0, 0.1) is 6.92 Å². The predicted octanol–water partition coefficient (Wildman–Crippen LogP) is 2.29. The average Bonchev–Trinajstić information content (AvgIpc) is 2.75. The van der Waals surface area contributed by atoms with E-state index in [0.717, 1.165) is 31.2 Å². The van der Waals surface area contributed by atoms with E-state index in [9.17, 15) is 8.42 Å². The Labute approximate surface area is 96.6 Å². The first-order chi connectivity index (χ1) is 7.51. The minimum absolute atomic E-state index is 0.185. The molecule has 0 spiro atoms. The van der Waals surface area contributed by atoms with Gasteiger partial charge in [-0.3, -0.25) is 0 Å². The van der Waals surface area contributed by atoms with Gasteiger partial charge in [0.05, 0.1) is 10.1 Å². The van der Waals surface area contributed by atoms with Gasteiger partial charge in [0.1, 0.15) is 0 Å². The van der Waals surface area contributed by atoms with Gasteiger partial charge in [0.2, 0.25) is 0 Å². The molecule has 0 radical (unpaired) electrons. The lowest BCUT2D eigenvalue weighted by atomic mass is 10.2. The van der Waals surface area contributed by atoms with Gasteiger partial charge in [-0.15, -0.1) is 0 Å². The highest BCUT2D eigenvalue weighted by Crippen LogP contribution is 2.30. The molecule has 0 atom stereocenters. The minimum Gasteiger partial charge on any atom is -0.399 e. The molecule has 1 saturated carbocycles. The van der Waals surface area contributed by atoms with Gasteiger partial charge in [-0.1, -0.05) is 12.8 Å². The zero-order valence-corrected chi connectivity index (χ0v) is 10.3. The van der Waals surface area contributed by atoms with Crippen molar-refractivity contribution in [3.8, 4) is 0 Å². The molecular weight excluding hydrogens is 222 g/mol. The molecule has 88 valence electrons. The summed E-state index contributed by atoms with van der Waals surface area (Å²) in [7, 11) is -3.13. The van der Waals surface area contributed by atoms with Crippen LogP contribution in [0.3, 0.4) is 0 Å². The molecule has 0 bridgehead atoms. The SMILES string of the molecule is Cc1cc(S(=O)(=O)C2CCCC2)ccc1N. The molecule has 0 amide bonds. The van der Waals surface area contributed by atoms with Crippen molar-refractivity contribution in [3.05, 3.63) is 23.8 Å². The summed E-state index contributed by atoms with van der Waals surface area (Å²) in [5, 5.41) is -0.185. The fourth-order valence-electron chi connectivity index (χ4n) is 2.22. The topological polar surface area (TPSA) is 60.2 Å². The van der Waals surface area contributed by atoms with Gasteiger partial charge in [0.25, 0.3) is 0 Å². The Bertz CT molecular complexity index is 488. The van der Waals surface area contributed by atoms with Crippen molar-refractivity contribution in [3.63, 3.8) is 0 Å². The van der Waals surface area contributed by atoms with E-state index in [0.29, 0.717) is 10.6 Å². The third-order valence-electron chi connectivity index (χ3n) is 3.31. The molecule has 2 rings (SSSR count). The van der Waals surface area contributed by atoms with Crippen molar-refractivity contribution in [1.29, 1.82) is 0 Å². The quantitative estimate of drug-likeness (QED) is 0.805. The maximum atomic E-state index is 12.3. The molecule has 0 heterocycles. The maximum Gasteiger partial charge on any atom is 0.181 e. The first kappa shape index (κ1) is 11.5. The van der Waals surface area contributed by atoms with Crippen LogP contribution in [0.2, 0.25) is 0 Å². The highest BCUT2D eigenvalue weighted by molar-refractivity contribution is 7.92. The molecule has 2 N–H and O–H groups in total. The highest BCUT2D eigenvalue weighted by Gasteiger charge is 2.30. The predicted molar refractivity (Wildman–Crippen MR) is 65.0 cm³/mol. The maximum absolute atomic E-state index is 12.3. The first-order valence-electron chi connectivity index (χ1n) is 5.62. The summed E-state index contributed by atoms with van der Waals surface area (Å²) in [6.45, 7) is 1.84. The van der Waals surface area contributed by atoms with Crippen molar-refractivity contribution >= 4 is 15.5 Å². The standard InChI is InChI=1S/C12H17NO2S/c1-9-8-11(6-7-12(9)13)16(14,15)10-4-2-3-5-10/h6-8,10H,2-5,13H2,1H3. The summed E-state index contributed by atoms with van der Waals surface area (Å²) in [6, 6.07) is 4.98. The fraction of sp³-hybridized carbons (Fsp3) is 0.500. The van der Waals surface area contributed by atoms with E-state index in [1.807, 2.05) is 6.92 Å². The number of rotatable bonds is 2. The van der Waals surface area contributed by atoms with Gasteiger partial charge in [0, 0.05) is 5.69 Å². The lowest BCUT2D eigenvalue weighted by Gasteiger charge is -2.12. The second-order valence-electron chi connectivity index (χ2n) is 4.47. The van der Waals surface area contributed by atoms with Gasteiger partial charge >= 0.3 is 0 Å². The number of anilines is 1.